The Kier molecular flexibility index (Phi) is 7.31. The molecule has 188 valence electrons. The minimum Gasteiger partial charge on any atom is -0.309 e. The Morgan fingerprint density at radius 2 is 0.923 bits per heavy atom. The van der Waals surface area contributed by atoms with Crippen LogP contribution in [0.2, 0.25) is 5.02 Å². The normalized spacial score (nSPS) is 10.8. The Hall–Kier alpha value is -4.11. The van der Waals surface area contributed by atoms with E-state index in [9.17, 15) is 0 Å². The molecule has 0 atom stereocenters. The number of hydrogen-bond acceptors (Lipinski definition) is 1. The second kappa shape index (κ2) is 11.3. The van der Waals surface area contributed by atoms with Gasteiger partial charge in [0.25, 0.3) is 0 Å². The largest absolute Gasteiger partial charge is 0.309 e. The Morgan fingerprint density at radius 1 is 0.436 bits per heavy atom. The summed E-state index contributed by atoms with van der Waals surface area (Å²) in [5, 5.41) is 0.670. The lowest BCUT2D eigenvalue weighted by Crippen LogP contribution is -2.13. The summed E-state index contributed by atoms with van der Waals surface area (Å²) in [5.41, 5.74) is 10.1. The van der Waals surface area contributed by atoms with Crippen LogP contribution in [0, 0.1) is 0 Å². The van der Waals surface area contributed by atoms with Crippen LogP contribution in [0.15, 0.2) is 156 Å². The number of nitrogens with zero attached hydrogens (tertiary/aromatic N) is 1. The van der Waals surface area contributed by atoms with Crippen molar-refractivity contribution < 1.29 is 0 Å². The first-order valence-electron chi connectivity index (χ1n) is 12.8. The molecule has 1 nitrogen and oxygen atoms in total. The van der Waals surface area contributed by atoms with Gasteiger partial charge in [0, 0.05) is 32.0 Å². The molecule has 0 saturated heterocycles. The quantitative estimate of drug-likeness (QED) is 0.188. The van der Waals surface area contributed by atoms with Crippen molar-refractivity contribution in [2.75, 3.05) is 4.90 Å². The van der Waals surface area contributed by atoms with E-state index in [1.165, 1.54) is 11.1 Å². The lowest BCUT2D eigenvalue weighted by Gasteiger charge is -2.31. The standard InChI is InChI=1S/C36H25BrClN/c37-30-23-31(38)25-33(24-30)39(32-21-19-27(20-22-32)26-11-4-1-5-12-26)36-34(28-13-6-2-7-14-28)17-10-18-35(36)29-15-8-3-9-16-29/h1-25H. The number of rotatable bonds is 6. The van der Waals surface area contributed by atoms with Crippen molar-refractivity contribution in [1.29, 1.82) is 0 Å². The third kappa shape index (κ3) is 5.40. The highest BCUT2D eigenvalue weighted by Crippen LogP contribution is 2.47. The molecule has 0 amide bonds. The molecular formula is C36H25BrClN. The van der Waals surface area contributed by atoms with Gasteiger partial charge < -0.3 is 4.90 Å². The molecule has 0 N–H and O–H groups in total. The lowest BCUT2D eigenvalue weighted by molar-refractivity contribution is 1.28. The van der Waals surface area contributed by atoms with Crippen LogP contribution in [0.1, 0.15) is 0 Å². The van der Waals surface area contributed by atoms with Gasteiger partial charge >= 0.3 is 0 Å². The number of para-hydroxylation sites is 1. The molecule has 6 rings (SSSR count). The van der Waals surface area contributed by atoms with Gasteiger partial charge in [0.2, 0.25) is 0 Å². The Morgan fingerprint density at radius 3 is 1.44 bits per heavy atom. The van der Waals surface area contributed by atoms with E-state index in [1.807, 2.05) is 18.2 Å². The van der Waals surface area contributed by atoms with Gasteiger partial charge in [-0.2, -0.15) is 0 Å². The molecule has 6 aromatic carbocycles. The molecule has 3 heteroatoms. The summed E-state index contributed by atoms with van der Waals surface area (Å²) < 4.78 is 0.925. The van der Waals surface area contributed by atoms with E-state index in [0.717, 1.165) is 43.8 Å². The molecule has 0 aliphatic carbocycles. The molecule has 0 aliphatic heterocycles. The maximum Gasteiger partial charge on any atom is 0.0618 e. The van der Waals surface area contributed by atoms with E-state index in [-0.39, 0.29) is 0 Å². The van der Waals surface area contributed by atoms with Crippen LogP contribution in [0.5, 0.6) is 0 Å². The van der Waals surface area contributed by atoms with Crippen molar-refractivity contribution in [1.82, 2.24) is 0 Å². The average Bonchev–Trinajstić information content (AvgIpc) is 2.99. The Bertz CT molecular complexity index is 1620. The predicted molar refractivity (Wildman–Crippen MR) is 170 cm³/mol. The minimum absolute atomic E-state index is 0.670. The molecule has 0 aromatic heterocycles. The van der Waals surface area contributed by atoms with Gasteiger partial charge in [0.15, 0.2) is 0 Å². The molecule has 0 bridgehead atoms. The molecule has 0 heterocycles. The molecule has 0 fully saturated rings. The molecule has 0 saturated carbocycles. The van der Waals surface area contributed by atoms with Crippen molar-refractivity contribution in [2.24, 2.45) is 0 Å². The summed E-state index contributed by atoms with van der Waals surface area (Å²) in [7, 11) is 0. The molecular weight excluding hydrogens is 562 g/mol. The Labute approximate surface area is 243 Å². The van der Waals surface area contributed by atoms with E-state index in [1.54, 1.807) is 0 Å². The third-order valence-corrected chi connectivity index (χ3v) is 7.44. The van der Waals surface area contributed by atoms with Crippen LogP contribution in [0.25, 0.3) is 33.4 Å². The van der Waals surface area contributed by atoms with Gasteiger partial charge in [-0.25, -0.2) is 0 Å². The summed E-state index contributed by atoms with van der Waals surface area (Å²) in [6, 6.07) is 52.9. The summed E-state index contributed by atoms with van der Waals surface area (Å²) in [6.45, 7) is 0. The number of benzene rings is 6. The van der Waals surface area contributed by atoms with Crippen molar-refractivity contribution in [3.63, 3.8) is 0 Å². The molecule has 0 aliphatic rings. The highest BCUT2D eigenvalue weighted by molar-refractivity contribution is 9.10. The highest BCUT2D eigenvalue weighted by atomic mass is 79.9. The zero-order chi connectivity index (χ0) is 26.6. The summed E-state index contributed by atoms with van der Waals surface area (Å²) in [4.78, 5) is 2.32. The number of anilines is 3. The van der Waals surface area contributed by atoms with Gasteiger partial charge in [0.1, 0.15) is 0 Å². The fourth-order valence-corrected chi connectivity index (χ4v) is 5.84. The van der Waals surface area contributed by atoms with Gasteiger partial charge in [0.05, 0.1) is 5.69 Å². The summed E-state index contributed by atoms with van der Waals surface area (Å²) in [5.74, 6) is 0. The van der Waals surface area contributed by atoms with Crippen LogP contribution < -0.4 is 4.90 Å². The second-order valence-corrected chi connectivity index (χ2v) is 10.7. The zero-order valence-corrected chi connectivity index (χ0v) is 23.5. The van der Waals surface area contributed by atoms with E-state index in [2.05, 4.69) is 154 Å². The third-order valence-electron chi connectivity index (χ3n) is 6.77. The number of hydrogen-bond donors (Lipinski definition) is 0. The monoisotopic (exact) mass is 585 g/mol. The van der Waals surface area contributed by atoms with Crippen LogP contribution in [-0.4, -0.2) is 0 Å². The van der Waals surface area contributed by atoms with Crippen LogP contribution in [0.4, 0.5) is 17.1 Å². The van der Waals surface area contributed by atoms with Gasteiger partial charge in [-0.1, -0.05) is 149 Å². The van der Waals surface area contributed by atoms with Crippen molar-refractivity contribution in [3.05, 3.63) is 161 Å². The first-order valence-corrected chi connectivity index (χ1v) is 14.0. The average molecular weight is 587 g/mol. The SMILES string of the molecule is Clc1cc(Br)cc(N(c2ccc(-c3ccccc3)cc2)c2c(-c3ccccc3)cccc2-c2ccccc2)c1. The first kappa shape index (κ1) is 25.2. The van der Waals surface area contributed by atoms with Gasteiger partial charge in [-0.3, -0.25) is 0 Å². The smallest absolute Gasteiger partial charge is 0.0618 e. The molecule has 0 unspecified atom stereocenters. The maximum absolute atomic E-state index is 6.63. The molecule has 0 radical (unpaired) electrons. The van der Waals surface area contributed by atoms with Crippen molar-refractivity contribution >= 4 is 44.6 Å². The van der Waals surface area contributed by atoms with E-state index in [4.69, 9.17) is 11.6 Å². The number of halogens is 2. The minimum atomic E-state index is 0.670. The van der Waals surface area contributed by atoms with E-state index >= 15 is 0 Å². The maximum atomic E-state index is 6.63. The summed E-state index contributed by atoms with van der Waals surface area (Å²) >= 11 is 10.3. The first-order chi connectivity index (χ1) is 19.2. The Balaban J connectivity index is 1.63. The zero-order valence-electron chi connectivity index (χ0n) is 21.1. The topological polar surface area (TPSA) is 3.24 Å². The highest BCUT2D eigenvalue weighted by Gasteiger charge is 2.22. The van der Waals surface area contributed by atoms with Crippen molar-refractivity contribution in [2.45, 2.75) is 0 Å². The predicted octanol–water partition coefficient (Wildman–Crippen LogP) is 11.6. The van der Waals surface area contributed by atoms with E-state index < -0.39 is 0 Å². The summed E-state index contributed by atoms with van der Waals surface area (Å²) in [6.07, 6.45) is 0. The van der Waals surface area contributed by atoms with E-state index in [0.29, 0.717) is 5.02 Å². The van der Waals surface area contributed by atoms with Crippen LogP contribution >= 0.6 is 27.5 Å². The lowest BCUT2D eigenvalue weighted by atomic mass is 9.94. The second-order valence-electron chi connectivity index (χ2n) is 9.31. The molecule has 39 heavy (non-hydrogen) atoms. The fraction of sp³-hybridized carbons (Fsp3) is 0. The molecule has 0 spiro atoms. The molecule has 6 aromatic rings. The van der Waals surface area contributed by atoms with Gasteiger partial charge in [-0.15, -0.1) is 0 Å². The van der Waals surface area contributed by atoms with Crippen LogP contribution in [0.3, 0.4) is 0 Å². The van der Waals surface area contributed by atoms with Gasteiger partial charge in [-0.05, 0) is 52.6 Å². The van der Waals surface area contributed by atoms with Crippen molar-refractivity contribution in [3.8, 4) is 33.4 Å². The van der Waals surface area contributed by atoms with Crippen LogP contribution in [-0.2, 0) is 0 Å². The fourth-order valence-electron chi connectivity index (χ4n) is 4.99.